The largest absolute Gasteiger partial charge is 0.497 e. The zero-order valence-electron chi connectivity index (χ0n) is 22.3. The Bertz CT molecular complexity index is 1400. The number of hydrogen-bond acceptors (Lipinski definition) is 5. The molecule has 216 valence electrons. The number of carbonyl (C=O) groups is 2. The van der Waals surface area contributed by atoms with Crippen LogP contribution in [0.15, 0.2) is 77.9 Å². The Hall–Kier alpha value is -4.09. The van der Waals surface area contributed by atoms with Gasteiger partial charge < -0.3 is 19.7 Å². The average molecular weight is 589 g/mol. The molecule has 3 aromatic rings. The van der Waals surface area contributed by atoms with Crippen molar-refractivity contribution in [3.05, 3.63) is 94.5 Å². The van der Waals surface area contributed by atoms with Crippen molar-refractivity contribution in [1.82, 2.24) is 9.91 Å². The SMILES string of the molecule is COCCN(CC(=O)N1N=C(c2ccccc2Cl)C[C@@H]1c1ccc(OC)cc1)C(=O)Nc1ccc(C(F)(F)F)cc1. The number of rotatable bonds is 9. The maximum Gasteiger partial charge on any atom is 0.416 e. The molecule has 0 bridgehead atoms. The molecule has 41 heavy (non-hydrogen) atoms. The van der Waals surface area contributed by atoms with Crippen molar-refractivity contribution in [2.45, 2.75) is 18.6 Å². The summed E-state index contributed by atoms with van der Waals surface area (Å²) in [5.41, 5.74) is 1.42. The molecule has 12 heteroatoms. The Kier molecular flexibility index (Phi) is 9.51. The van der Waals surface area contributed by atoms with Crippen LogP contribution in [0.3, 0.4) is 0 Å². The van der Waals surface area contributed by atoms with Crippen molar-refractivity contribution in [3.63, 3.8) is 0 Å². The summed E-state index contributed by atoms with van der Waals surface area (Å²) in [6.45, 7) is -0.178. The molecule has 0 unspecified atom stereocenters. The van der Waals surface area contributed by atoms with E-state index in [0.717, 1.165) is 29.8 Å². The van der Waals surface area contributed by atoms with Crippen molar-refractivity contribution in [2.24, 2.45) is 5.10 Å². The van der Waals surface area contributed by atoms with E-state index in [1.54, 1.807) is 31.4 Å². The van der Waals surface area contributed by atoms with Crippen molar-refractivity contribution < 1.29 is 32.2 Å². The van der Waals surface area contributed by atoms with Crippen molar-refractivity contribution >= 4 is 34.9 Å². The molecule has 0 fully saturated rings. The molecule has 3 aromatic carbocycles. The Morgan fingerprint density at radius 2 is 1.73 bits per heavy atom. The number of amides is 3. The molecule has 1 heterocycles. The van der Waals surface area contributed by atoms with Crippen LogP contribution in [-0.2, 0) is 15.7 Å². The van der Waals surface area contributed by atoms with Crippen molar-refractivity contribution in [3.8, 4) is 5.75 Å². The van der Waals surface area contributed by atoms with Crippen LogP contribution in [0.25, 0.3) is 0 Å². The number of nitrogens with zero attached hydrogens (tertiary/aromatic N) is 3. The lowest BCUT2D eigenvalue weighted by molar-refractivity contribution is -0.137. The third-order valence-corrected chi connectivity index (χ3v) is 6.82. The van der Waals surface area contributed by atoms with Gasteiger partial charge in [0.25, 0.3) is 5.91 Å². The van der Waals surface area contributed by atoms with Gasteiger partial charge >= 0.3 is 12.2 Å². The van der Waals surface area contributed by atoms with Gasteiger partial charge in [-0.1, -0.05) is 41.9 Å². The van der Waals surface area contributed by atoms with E-state index in [1.807, 2.05) is 24.3 Å². The van der Waals surface area contributed by atoms with Crippen molar-refractivity contribution in [2.75, 3.05) is 39.2 Å². The van der Waals surface area contributed by atoms with Crippen LogP contribution in [-0.4, -0.2) is 61.5 Å². The van der Waals surface area contributed by atoms with Crippen LogP contribution in [0, 0.1) is 0 Å². The number of ether oxygens (including phenoxy) is 2. The molecule has 8 nitrogen and oxygen atoms in total. The van der Waals surface area contributed by atoms with Gasteiger partial charge in [0, 0.05) is 36.3 Å². The molecule has 0 spiro atoms. The van der Waals surface area contributed by atoms with E-state index in [-0.39, 0.29) is 25.4 Å². The first-order valence-corrected chi connectivity index (χ1v) is 13.0. The molecule has 1 N–H and O–H groups in total. The first-order valence-electron chi connectivity index (χ1n) is 12.6. The molecule has 1 atom stereocenters. The molecule has 0 aliphatic carbocycles. The van der Waals surface area contributed by atoms with E-state index in [0.29, 0.717) is 28.5 Å². The monoisotopic (exact) mass is 588 g/mol. The summed E-state index contributed by atoms with van der Waals surface area (Å²) in [7, 11) is 3.01. The lowest BCUT2D eigenvalue weighted by atomic mass is 9.98. The van der Waals surface area contributed by atoms with Crippen molar-refractivity contribution in [1.29, 1.82) is 0 Å². The van der Waals surface area contributed by atoms with Crippen LogP contribution in [0.5, 0.6) is 5.75 Å². The number of benzene rings is 3. The average Bonchev–Trinajstić information content (AvgIpc) is 3.40. The lowest BCUT2D eigenvalue weighted by Crippen LogP contribution is -2.44. The standard InChI is InChI=1S/C29H28ClF3N4O4/c1-40-16-15-36(28(39)34-21-11-9-20(10-12-21)29(31,32)33)18-27(38)37-26(19-7-13-22(41-2)14-8-19)17-25(35-37)23-5-3-4-6-24(23)30/h3-14,26H,15-18H2,1-2H3,(H,34,39)/t26-/m1/s1. The van der Waals surface area contributed by atoms with E-state index in [2.05, 4.69) is 10.4 Å². The molecule has 0 saturated heterocycles. The van der Waals surface area contributed by atoms with Crippen LogP contribution < -0.4 is 10.1 Å². The summed E-state index contributed by atoms with van der Waals surface area (Å²) in [5.74, 6) is 0.189. The van der Waals surface area contributed by atoms with Crippen LogP contribution in [0.4, 0.5) is 23.7 Å². The van der Waals surface area contributed by atoms with Gasteiger partial charge in [-0.05, 0) is 48.0 Å². The third kappa shape index (κ3) is 7.36. The predicted octanol–water partition coefficient (Wildman–Crippen LogP) is 6.23. The van der Waals surface area contributed by atoms with E-state index >= 15 is 0 Å². The quantitative estimate of drug-likeness (QED) is 0.321. The Morgan fingerprint density at radius 1 is 1.05 bits per heavy atom. The fraction of sp³-hybridized carbons (Fsp3) is 0.276. The number of alkyl halides is 3. The van der Waals surface area contributed by atoms with Crippen LogP contribution in [0.2, 0.25) is 5.02 Å². The van der Waals surface area contributed by atoms with E-state index in [1.165, 1.54) is 17.0 Å². The van der Waals surface area contributed by atoms with Gasteiger partial charge in [-0.2, -0.15) is 18.3 Å². The second kappa shape index (κ2) is 13.0. The number of urea groups is 1. The second-order valence-corrected chi connectivity index (χ2v) is 9.58. The number of methoxy groups -OCH3 is 2. The molecule has 0 radical (unpaired) electrons. The van der Waals surface area contributed by atoms with E-state index < -0.39 is 29.7 Å². The smallest absolute Gasteiger partial charge is 0.416 e. The minimum atomic E-state index is -4.50. The summed E-state index contributed by atoms with van der Waals surface area (Å²) < 4.78 is 49.1. The highest BCUT2D eigenvalue weighted by Gasteiger charge is 2.35. The predicted molar refractivity (Wildman–Crippen MR) is 149 cm³/mol. The van der Waals surface area contributed by atoms with Crippen LogP contribution in [0.1, 0.15) is 29.2 Å². The molecule has 3 amide bonds. The molecule has 0 saturated carbocycles. The fourth-order valence-corrected chi connectivity index (χ4v) is 4.56. The minimum absolute atomic E-state index is 0.0524. The number of hydrogen-bond donors (Lipinski definition) is 1. The van der Waals surface area contributed by atoms with Gasteiger partial charge in [-0.15, -0.1) is 0 Å². The number of halogens is 4. The molecular weight excluding hydrogens is 561 g/mol. The van der Waals surface area contributed by atoms with Gasteiger partial charge in [0.2, 0.25) is 0 Å². The Balaban J connectivity index is 1.57. The first kappa shape index (κ1) is 29.9. The Labute approximate surface area is 240 Å². The molecule has 4 rings (SSSR count). The molecule has 0 aromatic heterocycles. The fourth-order valence-electron chi connectivity index (χ4n) is 4.32. The molecule has 1 aliphatic heterocycles. The second-order valence-electron chi connectivity index (χ2n) is 9.18. The summed E-state index contributed by atoms with van der Waals surface area (Å²) >= 11 is 6.42. The number of carbonyl (C=O) groups excluding carboxylic acids is 2. The summed E-state index contributed by atoms with van der Waals surface area (Å²) in [6, 6.07) is 17.3. The first-order chi connectivity index (χ1) is 19.6. The molecular formula is C29H28ClF3N4O4. The van der Waals surface area contributed by atoms with Gasteiger partial charge in [0.15, 0.2) is 0 Å². The van der Waals surface area contributed by atoms with Gasteiger partial charge in [0.05, 0.1) is 31.0 Å². The van der Waals surface area contributed by atoms with Gasteiger partial charge in [-0.25, -0.2) is 9.80 Å². The number of hydrazone groups is 1. The van der Waals surface area contributed by atoms with Crippen LogP contribution >= 0.6 is 11.6 Å². The summed E-state index contributed by atoms with van der Waals surface area (Å²) in [4.78, 5) is 28.0. The highest BCUT2D eigenvalue weighted by atomic mass is 35.5. The van der Waals surface area contributed by atoms with E-state index in [9.17, 15) is 22.8 Å². The lowest BCUT2D eigenvalue weighted by Gasteiger charge is -2.27. The highest BCUT2D eigenvalue weighted by molar-refractivity contribution is 6.34. The van der Waals surface area contributed by atoms with Gasteiger partial charge in [0.1, 0.15) is 12.3 Å². The van der Waals surface area contributed by atoms with Gasteiger partial charge in [-0.3, -0.25) is 4.79 Å². The Morgan fingerprint density at radius 3 is 2.34 bits per heavy atom. The maximum atomic E-state index is 13.7. The highest BCUT2D eigenvalue weighted by Crippen LogP contribution is 2.35. The topological polar surface area (TPSA) is 83.5 Å². The zero-order valence-corrected chi connectivity index (χ0v) is 23.1. The zero-order chi connectivity index (χ0) is 29.6. The number of anilines is 1. The third-order valence-electron chi connectivity index (χ3n) is 6.49. The normalized spacial score (nSPS) is 14.9. The summed E-state index contributed by atoms with van der Waals surface area (Å²) in [6.07, 6.45) is -4.11. The number of nitrogens with one attached hydrogen (secondary N) is 1. The minimum Gasteiger partial charge on any atom is -0.497 e. The summed E-state index contributed by atoms with van der Waals surface area (Å²) in [5, 5.41) is 9.00. The molecule has 1 aliphatic rings. The van der Waals surface area contributed by atoms with E-state index in [4.69, 9.17) is 21.1 Å². The maximum absolute atomic E-state index is 13.7.